The molecule has 0 N–H and O–H groups in total. The van der Waals surface area contributed by atoms with Gasteiger partial charge in [-0.2, -0.15) is 5.26 Å². The maximum absolute atomic E-state index is 12.6. The summed E-state index contributed by atoms with van der Waals surface area (Å²) < 4.78 is 5.63. The van der Waals surface area contributed by atoms with Crippen molar-refractivity contribution in [3.05, 3.63) is 47.5 Å². The highest BCUT2D eigenvalue weighted by atomic mass is 16.5. The Morgan fingerprint density at radius 3 is 2.73 bits per heavy atom. The molecule has 140 valence electrons. The summed E-state index contributed by atoms with van der Waals surface area (Å²) in [6, 6.07) is 10.0. The minimum atomic E-state index is -0.176. The fourth-order valence-electron chi connectivity index (χ4n) is 3.98. The van der Waals surface area contributed by atoms with E-state index in [0.717, 1.165) is 55.6 Å². The number of ether oxygens (including phenoxy) is 1. The predicted molar refractivity (Wildman–Crippen MR) is 105 cm³/mol. The zero-order valence-corrected chi connectivity index (χ0v) is 16.1. The first kappa shape index (κ1) is 20.2. The number of hydrogen-bond acceptors (Lipinski definition) is 3. The van der Waals surface area contributed by atoms with Crippen molar-refractivity contribution in [2.75, 3.05) is 0 Å². The van der Waals surface area contributed by atoms with Crippen LogP contribution in [-0.2, 0) is 4.74 Å². The van der Waals surface area contributed by atoms with Gasteiger partial charge in [0.1, 0.15) is 0 Å². The third kappa shape index (κ3) is 6.02. The molecule has 1 fully saturated rings. The van der Waals surface area contributed by atoms with Gasteiger partial charge in [0.15, 0.2) is 0 Å². The number of carbonyl (C=O) groups is 1. The molecule has 0 amide bonds. The van der Waals surface area contributed by atoms with Crippen LogP contribution in [0.25, 0.3) is 0 Å². The Balaban J connectivity index is 1.95. The van der Waals surface area contributed by atoms with E-state index < -0.39 is 0 Å². The maximum Gasteiger partial charge on any atom is 0.338 e. The molecule has 3 heteroatoms. The van der Waals surface area contributed by atoms with E-state index in [-0.39, 0.29) is 12.1 Å². The molecule has 0 radical (unpaired) electrons. The molecule has 1 aromatic carbocycles. The summed E-state index contributed by atoms with van der Waals surface area (Å²) in [5.41, 5.74) is 1.90. The van der Waals surface area contributed by atoms with Crippen LogP contribution < -0.4 is 0 Å². The molecule has 1 atom stereocenters. The highest BCUT2D eigenvalue weighted by Crippen LogP contribution is 2.39. The van der Waals surface area contributed by atoms with Gasteiger partial charge in [-0.05, 0) is 75.3 Å². The van der Waals surface area contributed by atoms with Gasteiger partial charge in [0, 0.05) is 6.08 Å². The van der Waals surface area contributed by atoms with Crippen LogP contribution in [0.3, 0.4) is 0 Å². The molecule has 0 aliphatic heterocycles. The van der Waals surface area contributed by atoms with Crippen molar-refractivity contribution in [3.8, 4) is 6.07 Å². The lowest BCUT2D eigenvalue weighted by atomic mass is 9.76. The highest BCUT2D eigenvalue weighted by Gasteiger charge is 2.26. The number of nitrogens with zero attached hydrogens (tertiary/aromatic N) is 1. The van der Waals surface area contributed by atoms with Crippen LogP contribution in [-0.4, -0.2) is 12.1 Å². The van der Waals surface area contributed by atoms with Gasteiger partial charge in [-0.1, -0.05) is 37.6 Å². The summed E-state index contributed by atoms with van der Waals surface area (Å²) in [5, 5.41) is 8.54. The minimum absolute atomic E-state index is 0.0299. The van der Waals surface area contributed by atoms with Crippen molar-refractivity contribution in [2.45, 2.75) is 77.2 Å². The molecule has 1 aliphatic carbocycles. The quantitative estimate of drug-likeness (QED) is 0.415. The molecule has 0 saturated heterocycles. The Kier molecular flexibility index (Phi) is 8.41. The second-order valence-electron chi connectivity index (χ2n) is 7.42. The molecule has 0 heterocycles. The summed E-state index contributed by atoms with van der Waals surface area (Å²) in [5.74, 6) is 1.01. The summed E-state index contributed by atoms with van der Waals surface area (Å²) in [7, 11) is 0. The van der Waals surface area contributed by atoms with Gasteiger partial charge in [0.25, 0.3) is 0 Å². The Morgan fingerprint density at radius 2 is 2.04 bits per heavy atom. The molecule has 0 spiro atoms. The third-order valence-corrected chi connectivity index (χ3v) is 5.40. The molecular weight excluding hydrogens is 322 g/mol. The van der Waals surface area contributed by atoms with Crippen molar-refractivity contribution in [1.29, 1.82) is 5.26 Å². The van der Waals surface area contributed by atoms with Crippen molar-refractivity contribution < 1.29 is 9.53 Å². The largest absolute Gasteiger partial charge is 0.459 e. The Labute approximate surface area is 158 Å². The summed E-state index contributed by atoms with van der Waals surface area (Å²) in [6.07, 6.45) is 12.2. The molecule has 1 saturated carbocycles. The smallest absolute Gasteiger partial charge is 0.338 e. The Bertz CT molecular complexity index is 636. The fraction of sp³-hybridized carbons (Fsp3) is 0.565. The predicted octanol–water partition coefficient (Wildman–Crippen LogP) is 6.17. The van der Waals surface area contributed by atoms with E-state index in [1.807, 2.05) is 37.3 Å². The van der Waals surface area contributed by atoms with Gasteiger partial charge >= 0.3 is 5.97 Å². The van der Waals surface area contributed by atoms with Crippen molar-refractivity contribution >= 4 is 5.97 Å². The highest BCUT2D eigenvalue weighted by molar-refractivity contribution is 5.91. The summed E-state index contributed by atoms with van der Waals surface area (Å²) in [4.78, 5) is 12.6. The topological polar surface area (TPSA) is 50.1 Å². The lowest BCUT2D eigenvalue weighted by Crippen LogP contribution is -2.19. The fourth-order valence-corrected chi connectivity index (χ4v) is 3.98. The number of hydrogen-bond donors (Lipinski definition) is 0. The van der Waals surface area contributed by atoms with Crippen LogP contribution >= 0.6 is 0 Å². The number of allylic oxidation sites excluding steroid dienone is 2. The van der Waals surface area contributed by atoms with Crippen LogP contribution in [0.15, 0.2) is 36.4 Å². The van der Waals surface area contributed by atoms with E-state index in [4.69, 9.17) is 10.00 Å². The first-order valence-corrected chi connectivity index (χ1v) is 10.00. The summed E-state index contributed by atoms with van der Waals surface area (Å²) >= 11 is 0. The SMILES string of the molecule is CCCC(C)OC(=O)c1ccccc1C1CCC(CC/C=C/C#N)CC1. The van der Waals surface area contributed by atoms with Gasteiger partial charge in [-0.15, -0.1) is 0 Å². The van der Waals surface area contributed by atoms with Crippen LogP contribution in [0.2, 0.25) is 0 Å². The van der Waals surface area contributed by atoms with Crippen molar-refractivity contribution in [1.82, 2.24) is 0 Å². The average molecular weight is 354 g/mol. The molecule has 1 aromatic rings. The zero-order valence-electron chi connectivity index (χ0n) is 16.1. The number of rotatable bonds is 8. The van der Waals surface area contributed by atoms with Crippen molar-refractivity contribution in [3.63, 3.8) is 0 Å². The number of benzene rings is 1. The monoisotopic (exact) mass is 353 g/mol. The maximum atomic E-state index is 12.6. The van der Waals surface area contributed by atoms with E-state index in [2.05, 4.69) is 13.0 Å². The van der Waals surface area contributed by atoms with Gasteiger partial charge in [0.2, 0.25) is 0 Å². The van der Waals surface area contributed by atoms with Gasteiger partial charge < -0.3 is 4.74 Å². The second-order valence-corrected chi connectivity index (χ2v) is 7.42. The van der Waals surface area contributed by atoms with Crippen LogP contribution in [0.4, 0.5) is 0 Å². The standard InChI is InChI=1S/C23H31NO2/c1-3-9-18(2)26-23(25)22-12-7-6-11-21(22)20-15-13-19(14-16-20)10-5-4-8-17-24/h4,6-8,11-12,18-20H,3,5,9-10,13-16H2,1-2H3/b8-4+. The average Bonchev–Trinajstić information content (AvgIpc) is 2.66. The van der Waals surface area contributed by atoms with E-state index in [0.29, 0.717) is 5.92 Å². The zero-order chi connectivity index (χ0) is 18.8. The van der Waals surface area contributed by atoms with Gasteiger partial charge in [-0.3, -0.25) is 0 Å². The third-order valence-electron chi connectivity index (χ3n) is 5.40. The Hall–Kier alpha value is -2.08. The number of nitriles is 1. The van der Waals surface area contributed by atoms with E-state index in [1.165, 1.54) is 12.8 Å². The molecule has 26 heavy (non-hydrogen) atoms. The molecule has 1 unspecified atom stereocenters. The van der Waals surface area contributed by atoms with Gasteiger partial charge in [-0.25, -0.2) is 4.79 Å². The number of esters is 1. The lowest BCUT2D eigenvalue weighted by molar-refractivity contribution is 0.0321. The van der Waals surface area contributed by atoms with E-state index in [1.54, 1.807) is 6.08 Å². The molecule has 1 aliphatic rings. The molecule has 0 aromatic heterocycles. The van der Waals surface area contributed by atoms with Gasteiger partial charge in [0.05, 0.1) is 17.7 Å². The van der Waals surface area contributed by atoms with Crippen LogP contribution in [0, 0.1) is 17.2 Å². The second kappa shape index (κ2) is 10.8. The van der Waals surface area contributed by atoms with E-state index >= 15 is 0 Å². The van der Waals surface area contributed by atoms with E-state index in [9.17, 15) is 4.79 Å². The molecule has 3 nitrogen and oxygen atoms in total. The van der Waals surface area contributed by atoms with Crippen LogP contribution in [0.1, 0.15) is 87.1 Å². The lowest BCUT2D eigenvalue weighted by Gasteiger charge is -2.29. The first-order chi connectivity index (χ1) is 12.7. The summed E-state index contributed by atoms with van der Waals surface area (Å²) in [6.45, 7) is 4.07. The molecule has 0 bridgehead atoms. The first-order valence-electron chi connectivity index (χ1n) is 10.00. The minimum Gasteiger partial charge on any atom is -0.459 e. The van der Waals surface area contributed by atoms with Crippen LogP contribution in [0.5, 0.6) is 0 Å². The van der Waals surface area contributed by atoms with Crippen molar-refractivity contribution in [2.24, 2.45) is 5.92 Å². The molecule has 2 rings (SSSR count). The number of carbonyl (C=O) groups excluding carboxylic acids is 1. The normalized spacial score (nSPS) is 21.3. The Morgan fingerprint density at radius 1 is 1.31 bits per heavy atom. The molecular formula is C23H31NO2.